The monoisotopic (exact) mass is 536 g/mol. The average Bonchev–Trinajstić information content (AvgIpc) is 3.45. The molecule has 1 aliphatic rings. The van der Waals surface area contributed by atoms with Gasteiger partial charge < -0.3 is 19.5 Å². The summed E-state index contributed by atoms with van der Waals surface area (Å²) in [5.41, 5.74) is 3.43. The Labute approximate surface area is 235 Å². The molecule has 2 heterocycles. The molecule has 1 fully saturated rings. The summed E-state index contributed by atoms with van der Waals surface area (Å²) in [4.78, 5) is 32.6. The van der Waals surface area contributed by atoms with Gasteiger partial charge in [-0.2, -0.15) is 0 Å². The number of ether oxygens (including phenoxy) is 1. The lowest BCUT2D eigenvalue weighted by molar-refractivity contribution is -0.157. The van der Waals surface area contributed by atoms with E-state index >= 15 is 0 Å². The Morgan fingerprint density at radius 2 is 1.48 bits per heavy atom. The molecule has 0 radical (unpaired) electrons. The van der Waals surface area contributed by atoms with Gasteiger partial charge in [0.1, 0.15) is 11.6 Å². The van der Waals surface area contributed by atoms with Crippen molar-refractivity contribution in [3.63, 3.8) is 0 Å². The van der Waals surface area contributed by atoms with Crippen LogP contribution in [0.1, 0.15) is 36.2 Å². The van der Waals surface area contributed by atoms with Crippen LogP contribution in [0.15, 0.2) is 104 Å². The number of piperazine rings is 1. The number of hydrogen-bond acceptors (Lipinski definition) is 5. The fraction of sp³-hybridized carbons (Fsp3) is 0.303. The van der Waals surface area contributed by atoms with Crippen molar-refractivity contribution in [2.75, 3.05) is 20.2 Å². The Hall–Kier alpha value is -4.23. The molecule has 0 spiro atoms. The van der Waals surface area contributed by atoms with Crippen LogP contribution in [0.2, 0.25) is 0 Å². The summed E-state index contributed by atoms with van der Waals surface area (Å²) in [6.45, 7) is 4.92. The van der Waals surface area contributed by atoms with Gasteiger partial charge in [0.15, 0.2) is 0 Å². The Kier molecular flexibility index (Phi) is 8.12. The van der Waals surface area contributed by atoms with Gasteiger partial charge in [-0.05, 0) is 22.6 Å². The number of benzene rings is 3. The van der Waals surface area contributed by atoms with Crippen LogP contribution in [0.5, 0.6) is 0 Å². The van der Waals surface area contributed by atoms with E-state index in [4.69, 9.17) is 9.72 Å². The van der Waals surface area contributed by atoms with Gasteiger partial charge in [0.2, 0.25) is 5.91 Å². The molecular weight excluding hydrogens is 500 g/mol. The molecule has 1 saturated heterocycles. The summed E-state index contributed by atoms with van der Waals surface area (Å²) in [5.74, 6) is -0.547. The zero-order valence-electron chi connectivity index (χ0n) is 23.2. The Morgan fingerprint density at radius 3 is 1.95 bits per heavy atom. The van der Waals surface area contributed by atoms with Crippen LogP contribution >= 0.6 is 0 Å². The molecule has 206 valence electrons. The SMILES string of the molecule is COC(=O)[C@H](C(C)C)N1CCN[C@@H](Cc2cn(C(c3ccccc3)(c3ccccc3)c3ccccc3)cn2)C1=O. The minimum Gasteiger partial charge on any atom is -0.467 e. The second-order valence-corrected chi connectivity index (χ2v) is 10.5. The molecule has 5 rings (SSSR count). The van der Waals surface area contributed by atoms with E-state index in [1.165, 1.54) is 7.11 Å². The zero-order valence-corrected chi connectivity index (χ0v) is 23.2. The van der Waals surface area contributed by atoms with Gasteiger partial charge in [-0.25, -0.2) is 9.78 Å². The zero-order chi connectivity index (χ0) is 28.1. The molecule has 4 aromatic rings. The summed E-state index contributed by atoms with van der Waals surface area (Å²) in [6, 6.07) is 30.2. The molecule has 0 saturated carbocycles. The van der Waals surface area contributed by atoms with Gasteiger partial charge in [0.25, 0.3) is 0 Å². The standard InChI is InChI=1S/C33H36N4O3/c1-24(2)30(32(39)40-3)37-20-19-34-29(31(37)38)21-28-22-36(23-35-28)33(25-13-7-4-8-14-25,26-15-9-5-10-16-26)27-17-11-6-12-18-27/h4-18,22-24,29-30,34H,19-21H2,1-3H3/t29-,30-/m0/s1. The van der Waals surface area contributed by atoms with Crippen molar-refractivity contribution in [2.45, 2.75) is 37.9 Å². The minimum absolute atomic E-state index is 0.0578. The highest BCUT2D eigenvalue weighted by Crippen LogP contribution is 2.40. The molecule has 2 atom stereocenters. The van der Waals surface area contributed by atoms with Crippen LogP contribution in [0.3, 0.4) is 0 Å². The Bertz CT molecular complexity index is 1320. The number of imidazole rings is 1. The van der Waals surface area contributed by atoms with Crippen molar-refractivity contribution in [3.8, 4) is 0 Å². The first-order chi connectivity index (χ1) is 19.5. The van der Waals surface area contributed by atoms with Crippen molar-refractivity contribution in [3.05, 3.63) is 126 Å². The highest BCUT2D eigenvalue weighted by atomic mass is 16.5. The smallest absolute Gasteiger partial charge is 0.328 e. The van der Waals surface area contributed by atoms with Crippen LogP contribution in [0.25, 0.3) is 0 Å². The van der Waals surface area contributed by atoms with Gasteiger partial charge in [-0.3, -0.25) is 4.79 Å². The minimum atomic E-state index is -0.668. The summed E-state index contributed by atoms with van der Waals surface area (Å²) in [5, 5.41) is 3.35. The number of hydrogen-bond donors (Lipinski definition) is 1. The highest BCUT2D eigenvalue weighted by Gasteiger charge is 2.40. The van der Waals surface area contributed by atoms with Crippen LogP contribution in [0, 0.1) is 5.92 Å². The molecule has 40 heavy (non-hydrogen) atoms. The lowest BCUT2D eigenvalue weighted by Crippen LogP contribution is -2.61. The first-order valence-electron chi connectivity index (χ1n) is 13.8. The first-order valence-corrected chi connectivity index (χ1v) is 13.8. The molecule has 7 heteroatoms. The molecule has 1 N–H and O–H groups in total. The summed E-state index contributed by atoms with van der Waals surface area (Å²) >= 11 is 0. The molecule has 0 aliphatic carbocycles. The molecule has 1 aromatic heterocycles. The third-order valence-electron chi connectivity index (χ3n) is 7.75. The number of rotatable bonds is 9. The maximum atomic E-state index is 13.6. The molecule has 1 aliphatic heterocycles. The van der Waals surface area contributed by atoms with E-state index in [1.54, 1.807) is 4.90 Å². The second kappa shape index (κ2) is 11.9. The van der Waals surface area contributed by atoms with Crippen molar-refractivity contribution >= 4 is 11.9 Å². The number of nitrogens with zero attached hydrogens (tertiary/aromatic N) is 3. The topological polar surface area (TPSA) is 76.5 Å². The Balaban J connectivity index is 1.54. The van der Waals surface area contributed by atoms with E-state index in [0.717, 1.165) is 22.4 Å². The number of carbonyl (C=O) groups is 2. The van der Waals surface area contributed by atoms with Gasteiger partial charge in [-0.15, -0.1) is 0 Å². The van der Waals surface area contributed by atoms with E-state index in [9.17, 15) is 9.59 Å². The summed E-state index contributed by atoms with van der Waals surface area (Å²) in [6.07, 6.45) is 4.31. The number of nitrogens with one attached hydrogen (secondary N) is 1. The van der Waals surface area contributed by atoms with Crippen molar-refractivity contribution in [1.82, 2.24) is 19.8 Å². The number of amides is 1. The van der Waals surface area contributed by atoms with Crippen LogP contribution in [-0.4, -0.2) is 58.6 Å². The second-order valence-electron chi connectivity index (χ2n) is 10.5. The lowest BCUT2D eigenvalue weighted by atomic mass is 9.77. The lowest BCUT2D eigenvalue weighted by Gasteiger charge is -2.38. The van der Waals surface area contributed by atoms with E-state index in [2.05, 4.69) is 82.7 Å². The normalized spacial score (nSPS) is 16.6. The van der Waals surface area contributed by atoms with Crippen molar-refractivity contribution in [1.29, 1.82) is 0 Å². The first kappa shape index (κ1) is 27.3. The van der Waals surface area contributed by atoms with Gasteiger partial charge in [-0.1, -0.05) is 105 Å². The largest absolute Gasteiger partial charge is 0.467 e. The number of methoxy groups -OCH3 is 1. The summed E-state index contributed by atoms with van der Waals surface area (Å²) in [7, 11) is 1.37. The van der Waals surface area contributed by atoms with Crippen molar-refractivity contribution < 1.29 is 14.3 Å². The van der Waals surface area contributed by atoms with Gasteiger partial charge in [0.05, 0.1) is 25.2 Å². The predicted octanol–water partition coefficient (Wildman–Crippen LogP) is 4.26. The van der Waals surface area contributed by atoms with E-state index in [0.29, 0.717) is 19.5 Å². The maximum Gasteiger partial charge on any atom is 0.328 e. The molecule has 1 amide bonds. The third-order valence-corrected chi connectivity index (χ3v) is 7.75. The molecule has 0 unspecified atom stereocenters. The van der Waals surface area contributed by atoms with E-state index < -0.39 is 17.6 Å². The van der Waals surface area contributed by atoms with Crippen LogP contribution < -0.4 is 5.32 Å². The van der Waals surface area contributed by atoms with Gasteiger partial charge >= 0.3 is 5.97 Å². The van der Waals surface area contributed by atoms with Crippen LogP contribution in [-0.2, 0) is 26.3 Å². The number of carbonyl (C=O) groups excluding carboxylic acids is 2. The number of aromatic nitrogens is 2. The fourth-order valence-electron chi connectivity index (χ4n) is 5.92. The third kappa shape index (κ3) is 5.05. The molecule has 7 nitrogen and oxygen atoms in total. The number of esters is 1. The highest BCUT2D eigenvalue weighted by molar-refractivity contribution is 5.88. The van der Waals surface area contributed by atoms with Gasteiger partial charge in [0, 0.05) is 25.7 Å². The average molecular weight is 537 g/mol. The van der Waals surface area contributed by atoms with Crippen molar-refractivity contribution in [2.24, 2.45) is 5.92 Å². The quantitative estimate of drug-likeness (QED) is 0.256. The Morgan fingerprint density at radius 1 is 0.950 bits per heavy atom. The van der Waals surface area contributed by atoms with E-state index in [1.807, 2.05) is 44.6 Å². The predicted molar refractivity (Wildman–Crippen MR) is 155 cm³/mol. The van der Waals surface area contributed by atoms with Crippen LogP contribution in [0.4, 0.5) is 0 Å². The maximum absolute atomic E-state index is 13.6. The van der Waals surface area contributed by atoms with E-state index in [-0.39, 0.29) is 17.8 Å². The molecule has 0 bridgehead atoms. The fourth-order valence-corrected chi connectivity index (χ4v) is 5.92. The molecule has 3 aromatic carbocycles. The molecular formula is C33H36N4O3. The summed E-state index contributed by atoms with van der Waals surface area (Å²) < 4.78 is 7.18.